The maximum atomic E-state index is 6.19. The van der Waals surface area contributed by atoms with Gasteiger partial charge in [0.2, 0.25) is 0 Å². The van der Waals surface area contributed by atoms with Crippen LogP contribution in [-0.2, 0) is 6.16 Å². The molecule has 38 heavy (non-hydrogen) atoms. The average Bonchev–Trinajstić information content (AvgIpc) is 3.00. The number of benzene rings is 5. The van der Waals surface area contributed by atoms with Gasteiger partial charge in [0.25, 0.3) is 0 Å². The molecule has 5 aromatic carbocycles. The third-order valence-corrected chi connectivity index (χ3v) is 11.1. The van der Waals surface area contributed by atoms with Gasteiger partial charge in [-0.05, 0) is 79.1 Å². The summed E-state index contributed by atoms with van der Waals surface area (Å²) in [6.07, 6.45) is 2.85. The molecule has 190 valence electrons. The fraction of sp³-hybridized carbons (Fsp3) is 0.143. The lowest BCUT2D eigenvalue weighted by Crippen LogP contribution is -2.32. The van der Waals surface area contributed by atoms with Crippen LogP contribution < -0.4 is 25.4 Å². The molecule has 0 unspecified atom stereocenters. The first-order chi connectivity index (χ1) is 18.8. The molecule has 0 N–H and O–H groups in total. The van der Waals surface area contributed by atoms with Crippen molar-refractivity contribution in [3.8, 4) is 11.5 Å². The zero-order valence-corrected chi connectivity index (χ0v) is 22.6. The molecule has 3 heteroatoms. The van der Waals surface area contributed by atoms with Crippen LogP contribution in [-0.4, -0.2) is 13.2 Å². The second kappa shape index (κ2) is 13.1. The highest BCUT2D eigenvalue weighted by Crippen LogP contribution is 2.58. The predicted octanol–water partition coefficient (Wildman–Crippen LogP) is 7.42. The van der Waals surface area contributed by atoms with E-state index in [1.165, 1.54) is 21.5 Å². The summed E-state index contributed by atoms with van der Waals surface area (Å²) < 4.78 is 12.0. The van der Waals surface area contributed by atoms with Crippen molar-refractivity contribution in [3.05, 3.63) is 151 Å². The molecule has 0 saturated carbocycles. The quantitative estimate of drug-likeness (QED) is 0.127. The summed E-state index contributed by atoms with van der Waals surface area (Å²) in [5.74, 6) is 1.85. The molecule has 0 aromatic heterocycles. The molecule has 0 spiro atoms. The lowest BCUT2D eigenvalue weighted by atomic mass is 10.2. The monoisotopic (exact) mass is 517 g/mol. The van der Waals surface area contributed by atoms with Crippen LogP contribution in [0.5, 0.6) is 11.5 Å². The van der Waals surface area contributed by atoms with E-state index in [-0.39, 0.29) is 0 Å². The van der Waals surface area contributed by atoms with Gasteiger partial charge in [0, 0.05) is 0 Å². The molecule has 0 aliphatic heterocycles. The van der Waals surface area contributed by atoms with Gasteiger partial charge in [-0.3, -0.25) is 0 Å². The zero-order valence-electron chi connectivity index (χ0n) is 21.7. The van der Waals surface area contributed by atoms with E-state index in [1.807, 2.05) is 30.3 Å². The SMILES string of the molecule is c1ccc(OCCCCOc2cccc(C[P+](c3ccccc3)(c3ccccc3)c3ccccc3)c2)cc1. The van der Waals surface area contributed by atoms with E-state index < -0.39 is 7.26 Å². The van der Waals surface area contributed by atoms with Crippen molar-refractivity contribution in [3.63, 3.8) is 0 Å². The molecule has 0 atom stereocenters. The Morgan fingerprint density at radius 1 is 0.421 bits per heavy atom. The van der Waals surface area contributed by atoms with Gasteiger partial charge in [0.15, 0.2) is 0 Å². The number of rotatable bonds is 12. The summed E-state index contributed by atoms with van der Waals surface area (Å²) in [5, 5.41) is 4.17. The molecule has 0 saturated heterocycles. The Labute approximate surface area is 227 Å². The third-order valence-electron chi connectivity index (χ3n) is 6.73. The van der Waals surface area contributed by atoms with Crippen molar-refractivity contribution < 1.29 is 9.47 Å². The molecule has 5 rings (SSSR count). The topological polar surface area (TPSA) is 18.5 Å². The molecule has 0 aliphatic rings. The van der Waals surface area contributed by atoms with Crippen LogP contribution in [0.4, 0.5) is 0 Å². The molecular weight excluding hydrogens is 483 g/mol. The first-order valence-corrected chi connectivity index (χ1v) is 15.3. The largest absolute Gasteiger partial charge is 0.494 e. The minimum Gasteiger partial charge on any atom is -0.494 e. The molecule has 5 aromatic rings. The molecule has 0 aliphatic carbocycles. The van der Waals surface area contributed by atoms with Crippen molar-refractivity contribution in [1.82, 2.24) is 0 Å². The lowest BCUT2D eigenvalue weighted by Gasteiger charge is -2.28. The van der Waals surface area contributed by atoms with Crippen molar-refractivity contribution >= 4 is 23.2 Å². The van der Waals surface area contributed by atoms with Gasteiger partial charge in [-0.15, -0.1) is 0 Å². The molecule has 0 radical (unpaired) electrons. The number of hydrogen-bond acceptors (Lipinski definition) is 2. The highest BCUT2D eigenvalue weighted by atomic mass is 31.2. The second-order valence-electron chi connectivity index (χ2n) is 9.34. The van der Waals surface area contributed by atoms with E-state index in [0.717, 1.165) is 30.5 Å². The van der Waals surface area contributed by atoms with Crippen LogP contribution in [0.25, 0.3) is 0 Å². The van der Waals surface area contributed by atoms with Crippen molar-refractivity contribution in [1.29, 1.82) is 0 Å². The summed E-state index contributed by atoms with van der Waals surface area (Å²) in [6, 6.07) is 51.7. The third kappa shape index (κ3) is 6.33. The van der Waals surface area contributed by atoms with Crippen LogP contribution in [0.2, 0.25) is 0 Å². The normalized spacial score (nSPS) is 11.2. The Morgan fingerprint density at radius 2 is 0.842 bits per heavy atom. The predicted molar refractivity (Wildman–Crippen MR) is 162 cm³/mol. The average molecular weight is 518 g/mol. The van der Waals surface area contributed by atoms with Gasteiger partial charge in [0.05, 0.1) is 19.4 Å². The highest BCUT2D eigenvalue weighted by Gasteiger charge is 2.45. The first kappa shape index (κ1) is 25.8. The Hall–Kier alpha value is -3.87. The summed E-state index contributed by atoms with van der Waals surface area (Å²) in [5.41, 5.74) is 1.29. The van der Waals surface area contributed by atoms with Crippen LogP contribution in [0.15, 0.2) is 146 Å². The van der Waals surface area contributed by atoms with Crippen molar-refractivity contribution in [2.45, 2.75) is 19.0 Å². The van der Waals surface area contributed by atoms with Gasteiger partial charge in [-0.25, -0.2) is 0 Å². The van der Waals surface area contributed by atoms with Gasteiger partial charge < -0.3 is 9.47 Å². The van der Waals surface area contributed by atoms with Crippen LogP contribution in [0.1, 0.15) is 18.4 Å². The van der Waals surface area contributed by atoms with Crippen LogP contribution in [0.3, 0.4) is 0 Å². The van der Waals surface area contributed by atoms with Crippen LogP contribution >= 0.6 is 7.26 Å². The summed E-state index contributed by atoms with van der Waals surface area (Å²) in [4.78, 5) is 0. The Morgan fingerprint density at radius 3 is 1.34 bits per heavy atom. The number of unbranched alkanes of at least 4 members (excludes halogenated alkanes) is 1. The standard InChI is InChI=1S/C35H34O2P/c1-5-17-31(18-6-1)36-26-13-14-27-37-32-19-15-16-30(28-32)29-38(33-20-7-2-8-21-33,34-22-9-3-10-23-34)35-24-11-4-12-25-35/h1-12,15-25,28H,13-14,26-27,29H2/q+1. The van der Waals surface area contributed by atoms with Gasteiger partial charge in [0.1, 0.15) is 34.7 Å². The van der Waals surface area contributed by atoms with E-state index in [9.17, 15) is 0 Å². The smallest absolute Gasteiger partial charge is 0.119 e. The highest BCUT2D eigenvalue weighted by molar-refractivity contribution is 7.95. The minimum atomic E-state index is -1.94. The maximum Gasteiger partial charge on any atom is 0.119 e. The Balaban J connectivity index is 1.34. The van der Waals surface area contributed by atoms with E-state index in [1.54, 1.807) is 0 Å². The summed E-state index contributed by atoms with van der Waals surface area (Å²) in [6.45, 7) is 1.38. The van der Waals surface area contributed by atoms with E-state index in [4.69, 9.17) is 9.47 Å². The zero-order chi connectivity index (χ0) is 25.9. The molecule has 0 bridgehead atoms. The minimum absolute atomic E-state index is 0.679. The molecular formula is C35H34O2P+. The fourth-order valence-electron chi connectivity index (χ4n) is 4.88. The molecule has 0 heterocycles. The van der Waals surface area contributed by atoms with E-state index in [2.05, 4.69) is 115 Å². The van der Waals surface area contributed by atoms with Crippen LogP contribution in [0, 0.1) is 0 Å². The first-order valence-electron chi connectivity index (χ1n) is 13.3. The van der Waals surface area contributed by atoms with Gasteiger partial charge in [-0.1, -0.05) is 84.9 Å². The Kier molecular flexibility index (Phi) is 8.87. The van der Waals surface area contributed by atoms with Gasteiger partial charge >= 0.3 is 0 Å². The van der Waals surface area contributed by atoms with Crippen molar-refractivity contribution in [2.75, 3.05) is 13.2 Å². The van der Waals surface area contributed by atoms with E-state index in [0.29, 0.717) is 13.2 Å². The van der Waals surface area contributed by atoms with Crippen molar-refractivity contribution in [2.24, 2.45) is 0 Å². The summed E-state index contributed by atoms with van der Waals surface area (Å²) >= 11 is 0. The number of ether oxygens (including phenoxy) is 2. The number of para-hydroxylation sites is 1. The number of hydrogen-bond donors (Lipinski definition) is 0. The van der Waals surface area contributed by atoms with E-state index >= 15 is 0 Å². The van der Waals surface area contributed by atoms with Gasteiger partial charge in [-0.2, -0.15) is 0 Å². The molecule has 2 nitrogen and oxygen atoms in total. The maximum absolute atomic E-state index is 6.19. The Bertz CT molecular complexity index is 1280. The molecule has 0 fully saturated rings. The second-order valence-corrected chi connectivity index (χ2v) is 12.8. The lowest BCUT2D eigenvalue weighted by molar-refractivity contribution is 0.266. The molecule has 0 amide bonds. The fourth-order valence-corrected chi connectivity index (χ4v) is 9.11. The summed E-state index contributed by atoms with van der Waals surface area (Å²) in [7, 11) is -1.94.